The number of phenols is 1. The topological polar surface area (TPSA) is 80.5 Å². The van der Waals surface area contributed by atoms with Crippen molar-refractivity contribution in [1.82, 2.24) is 19.7 Å². The number of aromatic nitrogens is 3. The number of ether oxygens (including phenoxy) is 1. The van der Waals surface area contributed by atoms with Crippen molar-refractivity contribution in [1.29, 1.82) is 0 Å². The summed E-state index contributed by atoms with van der Waals surface area (Å²) in [5.74, 6) is 1.55. The summed E-state index contributed by atoms with van der Waals surface area (Å²) in [6.07, 6.45) is 3.54. The molecule has 2 aliphatic heterocycles. The van der Waals surface area contributed by atoms with Gasteiger partial charge in [-0.05, 0) is 37.5 Å². The minimum atomic E-state index is 0.0226. The van der Waals surface area contributed by atoms with Gasteiger partial charge >= 0.3 is 0 Å². The normalized spacial score (nSPS) is 25.5. The van der Waals surface area contributed by atoms with E-state index in [1.807, 2.05) is 9.58 Å². The van der Waals surface area contributed by atoms with Crippen LogP contribution in [0.4, 0.5) is 0 Å². The van der Waals surface area contributed by atoms with Crippen LogP contribution in [0, 0.1) is 0 Å². The Hall–Kier alpha value is -2.12. The molecule has 5 rings (SSSR count). The second-order valence-electron chi connectivity index (χ2n) is 7.60. The number of aromatic hydroxyl groups is 1. The maximum Gasteiger partial charge on any atom is 0.223 e. The summed E-state index contributed by atoms with van der Waals surface area (Å²) < 4.78 is 7.46. The molecule has 1 N–H and O–H groups in total. The number of nitrogens with zero attached hydrogens (tertiary/aromatic N) is 4. The van der Waals surface area contributed by atoms with Crippen molar-refractivity contribution in [3.05, 3.63) is 29.0 Å². The van der Waals surface area contributed by atoms with Gasteiger partial charge in [-0.15, -0.1) is 0 Å². The Morgan fingerprint density at radius 2 is 2.07 bits per heavy atom. The standard InChI is InChI=1S/C19H21ClN4O3/c20-12-1-4-15(16(25)8-12)18-21-19(24(22-18)14-5-6-27-10-14)11-7-17(26)23(9-11)13-2-3-13/h1,4,8,11,13-14,25H,2-3,5-7,9-10H2. The minimum absolute atomic E-state index is 0.0226. The number of carbonyl (C=O) groups excluding carboxylic acids is 1. The predicted molar refractivity (Wildman–Crippen MR) is 98.7 cm³/mol. The lowest BCUT2D eigenvalue weighted by atomic mass is 10.1. The number of rotatable bonds is 4. The van der Waals surface area contributed by atoms with E-state index < -0.39 is 0 Å². The zero-order chi connectivity index (χ0) is 18.5. The molecule has 1 aliphatic carbocycles. The molecule has 27 heavy (non-hydrogen) atoms. The van der Waals surface area contributed by atoms with Gasteiger partial charge in [-0.25, -0.2) is 9.67 Å². The summed E-state index contributed by atoms with van der Waals surface area (Å²) in [6.45, 7) is 1.99. The predicted octanol–water partition coefficient (Wildman–Crippen LogP) is 2.74. The van der Waals surface area contributed by atoms with Gasteiger partial charge in [0.15, 0.2) is 5.82 Å². The Morgan fingerprint density at radius 1 is 1.22 bits per heavy atom. The number of hydrogen-bond donors (Lipinski definition) is 1. The van der Waals surface area contributed by atoms with Crippen molar-refractivity contribution in [2.45, 2.75) is 43.7 Å². The highest BCUT2D eigenvalue weighted by Gasteiger charge is 2.42. The lowest BCUT2D eigenvalue weighted by Crippen LogP contribution is -2.27. The van der Waals surface area contributed by atoms with Crippen LogP contribution in [0.1, 0.15) is 43.5 Å². The van der Waals surface area contributed by atoms with E-state index in [9.17, 15) is 9.90 Å². The number of phenolic OH excluding ortho intramolecular Hbond substituents is 1. The van der Waals surface area contributed by atoms with E-state index in [-0.39, 0.29) is 23.6 Å². The van der Waals surface area contributed by atoms with Gasteiger partial charge in [0.2, 0.25) is 5.91 Å². The van der Waals surface area contributed by atoms with E-state index in [0.717, 1.165) is 25.1 Å². The highest BCUT2D eigenvalue weighted by molar-refractivity contribution is 6.30. The molecule has 2 atom stereocenters. The zero-order valence-corrected chi connectivity index (χ0v) is 15.6. The van der Waals surface area contributed by atoms with Crippen LogP contribution in [-0.4, -0.2) is 56.5 Å². The molecule has 1 amide bonds. The Morgan fingerprint density at radius 3 is 2.78 bits per heavy atom. The molecule has 1 aromatic heterocycles. The molecule has 3 heterocycles. The molecule has 7 nitrogen and oxygen atoms in total. The highest BCUT2D eigenvalue weighted by Crippen LogP contribution is 2.38. The van der Waals surface area contributed by atoms with Crippen molar-refractivity contribution in [2.24, 2.45) is 0 Å². The molecule has 142 valence electrons. The van der Waals surface area contributed by atoms with Gasteiger partial charge in [0.05, 0.1) is 18.2 Å². The lowest BCUT2D eigenvalue weighted by molar-refractivity contribution is -0.128. The van der Waals surface area contributed by atoms with Crippen molar-refractivity contribution in [3.63, 3.8) is 0 Å². The first-order valence-electron chi connectivity index (χ1n) is 9.42. The van der Waals surface area contributed by atoms with Crippen LogP contribution >= 0.6 is 11.6 Å². The number of hydrogen-bond acceptors (Lipinski definition) is 5. The molecule has 3 aliphatic rings. The van der Waals surface area contributed by atoms with E-state index in [1.54, 1.807) is 12.1 Å². The summed E-state index contributed by atoms with van der Waals surface area (Å²) in [4.78, 5) is 19.2. The van der Waals surface area contributed by atoms with Crippen molar-refractivity contribution >= 4 is 17.5 Å². The van der Waals surface area contributed by atoms with E-state index in [2.05, 4.69) is 0 Å². The number of benzene rings is 1. The molecular formula is C19H21ClN4O3. The third kappa shape index (κ3) is 3.08. The molecule has 0 radical (unpaired) electrons. The second kappa shape index (κ2) is 6.49. The molecule has 1 saturated carbocycles. The fourth-order valence-electron chi connectivity index (χ4n) is 4.05. The molecule has 2 saturated heterocycles. The SMILES string of the molecule is O=C1CC(c2nc(-c3ccc(Cl)cc3O)nn2C2CCOC2)CN1C1CC1. The third-order valence-corrected chi connectivity index (χ3v) is 5.86. The Balaban J connectivity index is 1.53. The smallest absolute Gasteiger partial charge is 0.223 e. The molecule has 3 fully saturated rings. The number of amides is 1. The monoisotopic (exact) mass is 388 g/mol. The summed E-state index contributed by atoms with van der Waals surface area (Å²) in [6, 6.07) is 5.45. The molecule has 2 aromatic rings. The fourth-order valence-corrected chi connectivity index (χ4v) is 4.22. The van der Waals surface area contributed by atoms with Crippen LogP contribution in [0.5, 0.6) is 5.75 Å². The first-order valence-corrected chi connectivity index (χ1v) is 9.80. The van der Waals surface area contributed by atoms with Crippen LogP contribution in [-0.2, 0) is 9.53 Å². The largest absolute Gasteiger partial charge is 0.507 e. The van der Waals surface area contributed by atoms with Crippen LogP contribution in [0.3, 0.4) is 0 Å². The van der Waals surface area contributed by atoms with Crippen LogP contribution in [0.2, 0.25) is 5.02 Å². The Kier molecular flexibility index (Phi) is 4.09. The molecule has 2 unspecified atom stereocenters. The Bertz CT molecular complexity index is 889. The average Bonchev–Trinajstić information content (AvgIpc) is 3.05. The number of halogens is 1. The fraction of sp³-hybridized carbons (Fsp3) is 0.526. The maximum atomic E-state index is 12.4. The first kappa shape index (κ1) is 17.0. The summed E-state index contributed by atoms with van der Waals surface area (Å²) in [5, 5.41) is 15.4. The molecular weight excluding hydrogens is 368 g/mol. The van der Waals surface area contributed by atoms with Gasteiger partial charge < -0.3 is 14.7 Å². The zero-order valence-electron chi connectivity index (χ0n) is 14.8. The van der Waals surface area contributed by atoms with Gasteiger partial charge in [0.1, 0.15) is 11.6 Å². The van der Waals surface area contributed by atoms with Crippen molar-refractivity contribution < 1.29 is 14.6 Å². The van der Waals surface area contributed by atoms with Crippen LogP contribution in [0.25, 0.3) is 11.4 Å². The van der Waals surface area contributed by atoms with Crippen molar-refractivity contribution in [2.75, 3.05) is 19.8 Å². The quantitative estimate of drug-likeness (QED) is 0.871. The average molecular weight is 389 g/mol. The third-order valence-electron chi connectivity index (χ3n) is 5.62. The minimum Gasteiger partial charge on any atom is -0.507 e. The van der Waals surface area contributed by atoms with Gasteiger partial charge in [-0.3, -0.25) is 4.79 Å². The summed E-state index contributed by atoms with van der Waals surface area (Å²) in [5.41, 5.74) is 0.543. The van der Waals surface area contributed by atoms with Crippen LogP contribution in [0.15, 0.2) is 18.2 Å². The van der Waals surface area contributed by atoms with Gasteiger partial charge in [0.25, 0.3) is 0 Å². The summed E-state index contributed by atoms with van der Waals surface area (Å²) >= 11 is 5.95. The summed E-state index contributed by atoms with van der Waals surface area (Å²) in [7, 11) is 0. The lowest BCUT2D eigenvalue weighted by Gasteiger charge is -2.17. The van der Waals surface area contributed by atoms with Gasteiger partial charge in [-0.2, -0.15) is 5.10 Å². The van der Waals surface area contributed by atoms with E-state index in [4.69, 9.17) is 26.4 Å². The first-order chi connectivity index (χ1) is 13.1. The Labute approximate surface area is 161 Å². The molecule has 0 spiro atoms. The highest BCUT2D eigenvalue weighted by atomic mass is 35.5. The maximum absolute atomic E-state index is 12.4. The van der Waals surface area contributed by atoms with E-state index in [1.165, 1.54) is 6.07 Å². The van der Waals surface area contributed by atoms with Gasteiger partial charge in [0, 0.05) is 36.6 Å². The van der Waals surface area contributed by atoms with Crippen molar-refractivity contribution in [3.8, 4) is 17.1 Å². The van der Waals surface area contributed by atoms with E-state index >= 15 is 0 Å². The number of carbonyl (C=O) groups is 1. The van der Waals surface area contributed by atoms with Gasteiger partial charge in [-0.1, -0.05) is 11.6 Å². The second-order valence-corrected chi connectivity index (χ2v) is 8.03. The molecule has 8 heteroatoms. The number of likely N-dealkylation sites (tertiary alicyclic amines) is 1. The molecule has 0 bridgehead atoms. The van der Waals surface area contributed by atoms with E-state index in [0.29, 0.717) is 48.6 Å². The molecule has 1 aromatic carbocycles. The van der Waals surface area contributed by atoms with Crippen LogP contribution < -0.4 is 0 Å².